The second kappa shape index (κ2) is 12.8. The Morgan fingerprint density at radius 3 is 2.23 bits per heavy atom. The Balaban J connectivity index is 1.75. The molecule has 35 heavy (non-hydrogen) atoms. The van der Waals surface area contributed by atoms with Crippen molar-refractivity contribution in [2.24, 2.45) is 11.8 Å². The number of hydrogen-bond acceptors (Lipinski definition) is 3. The minimum absolute atomic E-state index is 0.0620. The second-order valence-corrected chi connectivity index (χ2v) is 9.89. The van der Waals surface area contributed by atoms with Gasteiger partial charge in [0, 0.05) is 27.8 Å². The zero-order chi connectivity index (χ0) is 25.4. The predicted molar refractivity (Wildman–Crippen MR) is 138 cm³/mol. The third-order valence-corrected chi connectivity index (χ3v) is 6.92. The van der Waals surface area contributed by atoms with Gasteiger partial charge < -0.3 is 21.1 Å². The standard InChI is InChI=1S/C26H31Cl2N3O4/c1-16(17-5-3-2-4-6-17)24(31-26(35)30-22-14-20(27)13-21(28)15-22)18-7-9-19(10-8-18)25(34)29-12-11-23(32)33/h7-10,13-17,24H,2-6,11-12H2,1H3,(H,29,34)(H,32,33)(H2,30,31,35)/t16-,24?/m0/s1. The summed E-state index contributed by atoms with van der Waals surface area (Å²) in [5.74, 6) is -0.643. The summed E-state index contributed by atoms with van der Waals surface area (Å²) < 4.78 is 0. The monoisotopic (exact) mass is 519 g/mol. The summed E-state index contributed by atoms with van der Waals surface area (Å²) in [6, 6.07) is 11.3. The van der Waals surface area contributed by atoms with Crippen LogP contribution in [0.25, 0.3) is 0 Å². The van der Waals surface area contributed by atoms with Crippen molar-refractivity contribution in [1.82, 2.24) is 10.6 Å². The van der Waals surface area contributed by atoms with Crippen molar-refractivity contribution in [3.63, 3.8) is 0 Å². The van der Waals surface area contributed by atoms with E-state index in [1.807, 2.05) is 12.1 Å². The van der Waals surface area contributed by atoms with E-state index in [0.717, 1.165) is 18.4 Å². The number of carboxylic acids is 1. The third-order valence-electron chi connectivity index (χ3n) is 6.48. The maximum atomic E-state index is 12.9. The first-order chi connectivity index (χ1) is 16.7. The minimum atomic E-state index is -0.968. The molecule has 0 spiro atoms. The molecule has 3 amide bonds. The zero-order valence-electron chi connectivity index (χ0n) is 19.7. The van der Waals surface area contributed by atoms with Gasteiger partial charge in [-0.15, -0.1) is 0 Å². The largest absolute Gasteiger partial charge is 0.481 e. The molecule has 9 heteroatoms. The molecule has 2 aromatic carbocycles. The van der Waals surface area contributed by atoms with Gasteiger partial charge in [-0.3, -0.25) is 9.59 Å². The highest BCUT2D eigenvalue weighted by Crippen LogP contribution is 2.37. The number of carboxylic acid groups (broad SMARTS) is 1. The predicted octanol–water partition coefficient (Wildman–Crippen LogP) is 6.28. The van der Waals surface area contributed by atoms with Gasteiger partial charge in [0.2, 0.25) is 0 Å². The van der Waals surface area contributed by atoms with E-state index in [0.29, 0.717) is 27.2 Å². The van der Waals surface area contributed by atoms with Crippen LogP contribution < -0.4 is 16.0 Å². The molecule has 0 aromatic heterocycles. The fraction of sp³-hybridized carbons (Fsp3) is 0.423. The highest BCUT2D eigenvalue weighted by Gasteiger charge is 2.29. The Hall–Kier alpha value is -2.77. The van der Waals surface area contributed by atoms with E-state index < -0.39 is 5.97 Å². The average Bonchev–Trinajstić information content (AvgIpc) is 2.82. The van der Waals surface area contributed by atoms with Gasteiger partial charge in [0.05, 0.1) is 12.5 Å². The van der Waals surface area contributed by atoms with Crippen molar-refractivity contribution in [1.29, 1.82) is 0 Å². The number of anilines is 1. The number of amides is 3. The molecule has 0 heterocycles. The normalized spacial score (nSPS) is 15.6. The van der Waals surface area contributed by atoms with Crippen molar-refractivity contribution in [2.75, 3.05) is 11.9 Å². The van der Waals surface area contributed by atoms with Crippen LogP contribution in [0.2, 0.25) is 10.0 Å². The molecule has 2 atom stereocenters. The van der Waals surface area contributed by atoms with Crippen molar-refractivity contribution in [3.05, 3.63) is 63.6 Å². The van der Waals surface area contributed by atoms with Gasteiger partial charge in [-0.1, -0.05) is 74.4 Å². The van der Waals surface area contributed by atoms with Gasteiger partial charge in [-0.05, 0) is 47.7 Å². The molecule has 2 aromatic rings. The van der Waals surface area contributed by atoms with E-state index in [1.165, 1.54) is 19.3 Å². The summed E-state index contributed by atoms with van der Waals surface area (Å²) in [5.41, 5.74) is 1.82. The lowest BCUT2D eigenvalue weighted by molar-refractivity contribution is -0.136. The molecule has 1 unspecified atom stereocenters. The van der Waals surface area contributed by atoms with Crippen molar-refractivity contribution >= 4 is 46.8 Å². The van der Waals surface area contributed by atoms with Gasteiger partial charge in [0.15, 0.2) is 0 Å². The summed E-state index contributed by atoms with van der Waals surface area (Å²) in [5, 5.41) is 18.1. The second-order valence-electron chi connectivity index (χ2n) is 9.01. The van der Waals surface area contributed by atoms with E-state index in [4.69, 9.17) is 28.3 Å². The van der Waals surface area contributed by atoms with Crippen LogP contribution in [-0.4, -0.2) is 29.6 Å². The number of rotatable bonds is 9. The third kappa shape index (κ3) is 8.15. The molecule has 7 nitrogen and oxygen atoms in total. The lowest BCUT2D eigenvalue weighted by Crippen LogP contribution is -2.38. The van der Waals surface area contributed by atoms with Crippen LogP contribution in [-0.2, 0) is 4.79 Å². The molecule has 1 aliphatic carbocycles. The lowest BCUT2D eigenvalue weighted by Gasteiger charge is -2.34. The van der Waals surface area contributed by atoms with Crippen LogP contribution in [0, 0.1) is 11.8 Å². The molecule has 188 valence electrons. The van der Waals surface area contributed by atoms with Gasteiger partial charge in [0.1, 0.15) is 0 Å². The molecular weight excluding hydrogens is 489 g/mol. The smallest absolute Gasteiger partial charge is 0.319 e. The highest BCUT2D eigenvalue weighted by molar-refractivity contribution is 6.35. The van der Waals surface area contributed by atoms with Gasteiger partial charge >= 0.3 is 12.0 Å². The zero-order valence-corrected chi connectivity index (χ0v) is 21.2. The number of halogens is 2. The van der Waals surface area contributed by atoms with Crippen LogP contribution in [0.4, 0.5) is 10.5 Å². The number of urea groups is 1. The minimum Gasteiger partial charge on any atom is -0.481 e. The number of aliphatic carboxylic acids is 1. The fourth-order valence-corrected chi connectivity index (χ4v) is 5.14. The van der Waals surface area contributed by atoms with Crippen molar-refractivity contribution in [2.45, 2.75) is 51.5 Å². The van der Waals surface area contributed by atoms with E-state index in [2.05, 4.69) is 22.9 Å². The van der Waals surface area contributed by atoms with Crippen LogP contribution >= 0.6 is 23.2 Å². The van der Waals surface area contributed by atoms with Gasteiger partial charge in [-0.2, -0.15) is 0 Å². The number of carbonyl (C=O) groups is 3. The van der Waals surface area contributed by atoms with Gasteiger partial charge in [-0.25, -0.2) is 4.79 Å². The van der Waals surface area contributed by atoms with E-state index in [1.54, 1.807) is 30.3 Å². The molecule has 3 rings (SSSR count). The number of hydrogen-bond donors (Lipinski definition) is 4. The Kier molecular flexibility index (Phi) is 9.81. The topological polar surface area (TPSA) is 108 Å². The Labute approximate surface area is 215 Å². The van der Waals surface area contributed by atoms with Crippen molar-refractivity contribution < 1.29 is 19.5 Å². The Morgan fingerprint density at radius 2 is 1.63 bits per heavy atom. The summed E-state index contributed by atoms with van der Waals surface area (Å²) in [4.78, 5) is 35.9. The summed E-state index contributed by atoms with van der Waals surface area (Å²) in [6.07, 6.45) is 5.71. The molecule has 0 bridgehead atoms. The molecule has 0 radical (unpaired) electrons. The molecular formula is C26H31Cl2N3O4. The van der Waals surface area contributed by atoms with E-state index in [-0.39, 0.29) is 36.9 Å². The van der Waals surface area contributed by atoms with E-state index in [9.17, 15) is 14.4 Å². The Bertz CT molecular complexity index is 1020. The number of benzene rings is 2. The van der Waals surface area contributed by atoms with E-state index >= 15 is 0 Å². The maximum absolute atomic E-state index is 12.9. The Morgan fingerprint density at radius 1 is 1.00 bits per heavy atom. The van der Waals surface area contributed by atoms with Crippen LogP contribution in [0.15, 0.2) is 42.5 Å². The highest BCUT2D eigenvalue weighted by atomic mass is 35.5. The molecule has 1 fully saturated rings. The van der Waals surface area contributed by atoms with Crippen molar-refractivity contribution in [3.8, 4) is 0 Å². The van der Waals surface area contributed by atoms with Crippen LogP contribution in [0.5, 0.6) is 0 Å². The summed E-state index contributed by atoms with van der Waals surface area (Å²) >= 11 is 12.1. The fourth-order valence-electron chi connectivity index (χ4n) is 4.61. The first kappa shape index (κ1) is 26.8. The SMILES string of the molecule is C[C@@H](C1CCCCC1)C(NC(=O)Nc1cc(Cl)cc(Cl)c1)c1ccc(C(=O)NCCC(=O)O)cc1. The van der Waals surface area contributed by atoms with Gasteiger partial charge in [0.25, 0.3) is 5.91 Å². The quantitative estimate of drug-likeness (QED) is 0.312. The van der Waals surface area contributed by atoms with Crippen LogP contribution in [0.3, 0.4) is 0 Å². The summed E-state index contributed by atoms with van der Waals surface area (Å²) in [7, 11) is 0. The lowest BCUT2D eigenvalue weighted by atomic mass is 9.76. The molecule has 1 aliphatic rings. The number of carbonyl (C=O) groups excluding carboxylic acids is 2. The molecule has 1 saturated carbocycles. The first-order valence-corrected chi connectivity index (χ1v) is 12.6. The molecule has 0 aliphatic heterocycles. The molecule has 4 N–H and O–H groups in total. The maximum Gasteiger partial charge on any atom is 0.319 e. The van der Waals surface area contributed by atoms with Crippen LogP contribution in [0.1, 0.15) is 67.4 Å². The number of nitrogens with one attached hydrogen (secondary N) is 3. The summed E-state index contributed by atoms with van der Waals surface area (Å²) in [6.45, 7) is 2.22. The molecule has 0 saturated heterocycles. The first-order valence-electron chi connectivity index (χ1n) is 11.9. The average molecular weight is 520 g/mol.